The fourth-order valence-corrected chi connectivity index (χ4v) is 1.45. The number of aliphatic hydroxyl groups is 1. The molecule has 1 aromatic carbocycles. The van der Waals surface area contributed by atoms with Crippen LogP contribution in [0.5, 0.6) is 5.75 Å². The molecule has 0 fully saturated rings. The molecule has 0 spiro atoms. The highest BCUT2D eigenvalue weighted by atomic mass is 16.5. The van der Waals surface area contributed by atoms with Crippen molar-refractivity contribution in [2.75, 3.05) is 19.0 Å². The Labute approximate surface area is 110 Å². The molecule has 7 heteroatoms. The van der Waals surface area contributed by atoms with Crippen LogP contribution in [0.25, 0.3) is 0 Å². The molecule has 0 radical (unpaired) electrons. The van der Waals surface area contributed by atoms with Crippen molar-refractivity contribution in [1.82, 2.24) is 5.32 Å². The molecule has 0 aliphatic heterocycles. The smallest absolute Gasteiger partial charge is 0.326 e. The summed E-state index contributed by atoms with van der Waals surface area (Å²) < 4.78 is 5.05. The lowest BCUT2D eigenvalue weighted by atomic mass is 10.2. The number of carbonyl (C=O) groups excluding carboxylic acids is 1. The molecule has 4 N–H and O–H groups in total. The lowest BCUT2D eigenvalue weighted by Crippen LogP contribution is -2.43. The number of hydrogen-bond donors (Lipinski definition) is 4. The molecule has 1 rings (SSSR count). The number of ether oxygens (including phenoxy) is 1. The Hall–Kier alpha value is -2.28. The molecule has 104 valence electrons. The number of aliphatic hydroxyl groups excluding tert-OH is 1. The molecule has 0 saturated carbocycles. The maximum atomic E-state index is 11.6. The summed E-state index contributed by atoms with van der Waals surface area (Å²) >= 11 is 0. The first-order valence-electron chi connectivity index (χ1n) is 5.62. The van der Waals surface area contributed by atoms with Gasteiger partial charge in [0.1, 0.15) is 11.8 Å². The summed E-state index contributed by atoms with van der Waals surface area (Å²) in [6.45, 7) is -0.327. The van der Waals surface area contributed by atoms with Crippen LogP contribution < -0.4 is 15.4 Å². The molecule has 1 aromatic rings. The molecule has 0 aromatic heterocycles. The van der Waals surface area contributed by atoms with E-state index in [-0.39, 0.29) is 13.0 Å². The zero-order valence-corrected chi connectivity index (χ0v) is 10.4. The first kappa shape index (κ1) is 14.8. The standard InChI is InChI=1S/C12H16N2O5/c1-19-10-5-3-2-4-8(10)13-12(18)14-9(6-7-15)11(16)17/h2-5,9,15H,6-7H2,1H3,(H,16,17)(H2,13,14,18). The third-order valence-electron chi connectivity index (χ3n) is 2.38. The van der Waals surface area contributed by atoms with Crippen molar-refractivity contribution in [3.8, 4) is 5.75 Å². The summed E-state index contributed by atoms with van der Waals surface area (Å²) in [6, 6.07) is 4.93. The second-order valence-corrected chi connectivity index (χ2v) is 3.70. The number of rotatable bonds is 6. The average Bonchev–Trinajstić information content (AvgIpc) is 2.38. The van der Waals surface area contributed by atoms with Gasteiger partial charge < -0.3 is 25.6 Å². The normalized spacial score (nSPS) is 11.5. The van der Waals surface area contributed by atoms with Gasteiger partial charge in [-0.05, 0) is 12.1 Å². The van der Waals surface area contributed by atoms with Gasteiger partial charge in [-0.2, -0.15) is 0 Å². The third kappa shape index (κ3) is 4.47. The predicted octanol–water partition coefficient (Wildman–Crippen LogP) is 0.652. The Morgan fingerprint density at radius 3 is 2.63 bits per heavy atom. The van der Waals surface area contributed by atoms with Crippen molar-refractivity contribution in [2.45, 2.75) is 12.5 Å². The van der Waals surface area contributed by atoms with Gasteiger partial charge in [-0.25, -0.2) is 9.59 Å². The quantitative estimate of drug-likeness (QED) is 0.606. The van der Waals surface area contributed by atoms with E-state index in [1.54, 1.807) is 24.3 Å². The molecule has 0 heterocycles. The first-order chi connectivity index (χ1) is 9.08. The van der Waals surface area contributed by atoms with Crippen LogP contribution in [-0.4, -0.2) is 42.0 Å². The van der Waals surface area contributed by atoms with Crippen LogP contribution in [0.1, 0.15) is 6.42 Å². The van der Waals surface area contributed by atoms with Gasteiger partial charge in [-0.15, -0.1) is 0 Å². The van der Waals surface area contributed by atoms with E-state index in [2.05, 4.69) is 10.6 Å². The largest absolute Gasteiger partial charge is 0.495 e. The Morgan fingerprint density at radius 1 is 1.37 bits per heavy atom. The topological polar surface area (TPSA) is 108 Å². The molecule has 7 nitrogen and oxygen atoms in total. The van der Waals surface area contributed by atoms with E-state index < -0.39 is 18.0 Å². The van der Waals surface area contributed by atoms with Gasteiger partial charge in [-0.3, -0.25) is 0 Å². The average molecular weight is 268 g/mol. The second-order valence-electron chi connectivity index (χ2n) is 3.70. The molecule has 0 saturated heterocycles. The number of urea groups is 1. The maximum Gasteiger partial charge on any atom is 0.326 e. The van der Waals surface area contributed by atoms with Crippen LogP contribution >= 0.6 is 0 Å². The predicted molar refractivity (Wildman–Crippen MR) is 68.3 cm³/mol. The number of carboxylic acids is 1. The highest BCUT2D eigenvalue weighted by Gasteiger charge is 2.19. The number of benzene rings is 1. The zero-order valence-electron chi connectivity index (χ0n) is 10.4. The fourth-order valence-electron chi connectivity index (χ4n) is 1.45. The van der Waals surface area contributed by atoms with Crippen LogP contribution in [-0.2, 0) is 4.79 Å². The van der Waals surface area contributed by atoms with Gasteiger partial charge in [0.15, 0.2) is 0 Å². The monoisotopic (exact) mass is 268 g/mol. The minimum absolute atomic E-state index is 0.0608. The van der Waals surface area contributed by atoms with Crippen LogP contribution in [0.15, 0.2) is 24.3 Å². The van der Waals surface area contributed by atoms with Gasteiger partial charge >= 0.3 is 12.0 Å². The second kappa shape index (κ2) is 7.22. The first-order valence-corrected chi connectivity index (χ1v) is 5.62. The number of hydrogen-bond acceptors (Lipinski definition) is 4. The summed E-state index contributed by atoms with van der Waals surface area (Å²) in [7, 11) is 1.46. The van der Waals surface area contributed by atoms with Crippen molar-refractivity contribution in [3.05, 3.63) is 24.3 Å². The van der Waals surface area contributed by atoms with E-state index in [4.69, 9.17) is 14.9 Å². The number of carboxylic acid groups (broad SMARTS) is 1. The number of anilines is 1. The SMILES string of the molecule is COc1ccccc1NC(=O)NC(CCO)C(=O)O. The van der Waals surface area contributed by atoms with Crippen LogP contribution in [0.4, 0.5) is 10.5 Å². The molecule has 0 bridgehead atoms. The number of para-hydroxylation sites is 2. The van der Waals surface area contributed by atoms with Crippen LogP contribution in [0, 0.1) is 0 Å². The number of nitrogens with one attached hydrogen (secondary N) is 2. The van der Waals surface area contributed by atoms with E-state index in [9.17, 15) is 9.59 Å². The van der Waals surface area contributed by atoms with Gasteiger partial charge in [0.25, 0.3) is 0 Å². The lowest BCUT2D eigenvalue weighted by molar-refractivity contribution is -0.139. The van der Waals surface area contributed by atoms with Crippen molar-refractivity contribution < 1.29 is 24.5 Å². The Kier molecular flexibility index (Phi) is 5.62. The minimum atomic E-state index is -1.20. The molecule has 1 atom stereocenters. The van der Waals surface area contributed by atoms with E-state index in [1.165, 1.54) is 7.11 Å². The van der Waals surface area contributed by atoms with Gasteiger partial charge in [0.05, 0.1) is 12.8 Å². The number of methoxy groups -OCH3 is 1. The highest BCUT2D eigenvalue weighted by Crippen LogP contribution is 2.22. The molecular weight excluding hydrogens is 252 g/mol. The number of carbonyl (C=O) groups is 2. The summed E-state index contributed by atoms with van der Waals surface area (Å²) in [5.74, 6) is -0.740. The van der Waals surface area contributed by atoms with Gasteiger partial charge in [0.2, 0.25) is 0 Å². The minimum Gasteiger partial charge on any atom is -0.495 e. The summed E-state index contributed by atoms with van der Waals surface area (Å²) in [6.07, 6.45) is -0.0608. The van der Waals surface area contributed by atoms with E-state index in [1.807, 2.05) is 0 Å². The van der Waals surface area contributed by atoms with Crippen LogP contribution in [0.3, 0.4) is 0 Å². The molecular formula is C12H16N2O5. The molecule has 2 amide bonds. The highest BCUT2D eigenvalue weighted by molar-refractivity contribution is 5.93. The fraction of sp³-hybridized carbons (Fsp3) is 0.333. The summed E-state index contributed by atoms with van der Waals surface area (Å²) in [4.78, 5) is 22.5. The molecule has 0 aliphatic rings. The zero-order chi connectivity index (χ0) is 14.3. The van der Waals surface area contributed by atoms with E-state index in [0.717, 1.165) is 0 Å². The van der Waals surface area contributed by atoms with Crippen molar-refractivity contribution >= 4 is 17.7 Å². The summed E-state index contributed by atoms with van der Waals surface area (Å²) in [5.41, 5.74) is 0.427. The Balaban J connectivity index is 2.66. The van der Waals surface area contributed by atoms with Crippen LogP contribution in [0.2, 0.25) is 0 Å². The third-order valence-corrected chi connectivity index (χ3v) is 2.38. The van der Waals surface area contributed by atoms with E-state index >= 15 is 0 Å². The summed E-state index contributed by atoms with van der Waals surface area (Å²) in [5, 5.41) is 22.3. The van der Waals surface area contributed by atoms with Gasteiger partial charge in [-0.1, -0.05) is 12.1 Å². The maximum absolute atomic E-state index is 11.6. The lowest BCUT2D eigenvalue weighted by Gasteiger charge is -2.15. The van der Waals surface area contributed by atoms with Gasteiger partial charge in [0, 0.05) is 13.0 Å². The van der Waals surface area contributed by atoms with Crippen molar-refractivity contribution in [1.29, 1.82) is 0 Å². The van der Waals surface area contributed by atoms with E-state index in [0.29, 0.717) is 11.4 Å². The Morgan fingerprint density at radius 2 is 2.05 bits per heavy atom. The Bertz CT molecular complexity index is 450. The van der Waals surface area contributed by atoms with Crippen molar-refractivity contribution in [3.63, 3.8) is 0 Å². The molecule has 19 heavy (non-hydrogen) atoms. The number of amides is 2. The molecule has 0 aliphatic carbocycles. The molecule has 1 unspecified atom stereocenters. The number of aliphatic carboxylic acids is 1. The van der Waals surface area contributed by atoms with Crippen molar-refractivity contribution in [2.24, 2.45) is 0 Å².